The first kappa shape index (κ1) is 12.1. The summed E-state index contributed by atoms with van der Waals surface area (Å²) in [4.78, 5) is 0.890. The van der Waals surface area contributed by atoms with Gasteiger partial charge in [-0.3, -0.25) is 0 Å². The van der Waals surface area contributed by atoms with Gasteiger partial charge >= 0.3 is 0 Å². The molecule has 0 saturated carbocycles. The minimum Gasteiger partial charge on any atom is -0.494 e. The van der Waals surface area contributed by atoms with Crippen LogP contribution in [-0.4, -0.2) is 12.2 Å². The molecule has 17 heavy (non-hydrogen) atoms. The molecule has 0 aliphatic rings. The smallest absolute Gasteiger partial charge is 0.165 e. The number of rotatable bonds is 4. The van der Waals surface area contributed by atoms with E-state index in [1.165, 1.54) is 24.5 Å². The normalized spacial score (nSPS) is 12.4. The highest BCUT2D eigenvalue weighted by Gasteiger charge is 2.11. The van der Waals surface area contributed by atoms with Crippen molar-refractivity contribution in [3.63, 3.8) is 0 Å². The molecule has 1 unspecified atom stereocenters. The molecule has 2 nitrogen and oxygen atoms in total. The van der Waals surface area contributed by atoms with E-state index in [2.05, 4.69) is 0 Å². The first-order valence-electron chi connectivity index (χ1n) is 5.24. The topological polar surface area (TPSA) is 29.5 Å². The number of halogens is 1. The van der Waals surface area contributed by atoms with Crippen LogP contribution in [0, 0.1) is 5.82 Å². The van der Waals surface area contributed by atoms with Crippen LogP contribution in [0.4, 0.5) is 4.39 Å². The largest absolute Gasteiger partial charge is 0.494 e. The van der Waals surface area contributed by atoms with Crippen LogP contribution in [0.3, 0.4) is 0 Å². The van der Waals surface area contributed by atoms with Crippen molar-refractivity contribution in [3.05, 3.63) is 52.0 Å². The fourth-order valence-electron chi connectivity index (χ4n) is 1.64. The SMILES string of the molecule is COc1ccc(CC(O)c2cccs2)cc1F. The van der Waals surface area contributed by atoms with E-state index < -0.39 is 11.9 Å². The molecular weight excluding hydrogens is 239 g/mol. The van der Waals surface area contributed by atoms with E-state index in [0.29, 0.717) is 6.42 Å². The second-order valence-corrected chi connectivity index (χ2v) is 4.68. The maximum Gasteiger partial charge on any atom is 0.165 e. The second-order valence-electron chi connectivity index (χ2n) is 3.70. The van der Waals surface area contributed by atoms with Gasteiger partial charge in [0.25, 0.3) is 0 Å². The summed E-state index contributed by atoms with van der Waals surface area (Å²) in [5.74, 6) is -0.178. The van der Waals surface area contributed by atoms with Crippen LogP contribution >= 0.6 is 11.3 Å². The third-order valence-electron chi connectivity index (χ3n) is 2.52. The average molecular weight is 252 g/mol. The molecule has 90 valence electrons. The van der Waals surface area contributed by atoms with Gasteiger partial charge < -0.3 is 9.84 Å². The summed E-state index contributed by atoms with van der Waals surface area (Å²) < 4.78 is 18.3. The van der Waals surface area contributed by atoms with Crippen LogP contribution in [0.15, 0.2) is 35.7 Å². The van der Waals surface area contributed by atoms with Gasteiger partial charge in [0.05, 0.1) is 13.2 Å². The van der Waals surface area contributed by atoms with E-state index in [1.807, 2.05) is 17.5 Å². The Bertz CT molecular complexity index is 482. The molecule has 1 aromatic heterocycles. The van der Waals surface area contributed by atoms with E-state index in [0.717, 1.165) is 10.4 Å². The minimum absolute atomic E-state index is 0.222. The quantitative estimate of drug-likeness (QED) is 0.905. The Morgan fingerprint density at radius 2 is 2.24 bits per heavy atom. The number of aliphatic hydroxyl groups excluding tert-OH is 1. The predicted octanol–water partition coefficient (Wildman–Crippen LogP) is 3.17. The summed E-state index contributed by atoms with van der Waals surface area (Å²) in [6, 6.07) is 8.49. The number of hydrogen-bond acceptors (Lipinski definition) is 3. The van der Waals surface area contributed by atoms with Gasteiger partial charge in [0, 0.05) is 11.3 Å². The van der Waals surface area contributed by atoms with E-state index in [-0.39, 0.29) is 5.75 Å². The third kappa shape index (κ3) is 2.84. The van der Waals surface area contributed by atoms with Crippen molar-refractivity contribution in [3.8, 4) is 5.75 Å². The molecule has 0 fully saturated rings. The fourth-order valence-corrected chi connectivity index (χ4v) is 2.35. The maximum absolute atomic E-state index is 13.4. The van der Waals surface area contributed by atoms with Crippen LogP contribution in [0.1, 0.15) is 16.5 Å². The van der Waals surface area contributed by atoms with Crippen LogP contribution < -0.4 is 4.74 Å². The summed E-state index contributed by atoms with van der Waals surface area (Å²) in [5, 5.41) is 11.8. The van der Waals surface area contributed by atoms with Crippen molar-refractivity contribution >= 4 is 11.3 Å². The van der Waals surface area contributed by atoms with Crippen LogP contribution in [0.5, 0.6) is 5.75 Å². The summed E-state index contributed by atoms with van der Waals surface area (Å²) in [6.07, 6.45) is -0.177. The monoisotopic (exact) mass is 252 g/mol. The maximum atomic E-state index is 13.4. The summed E-state index contributed by atoms with van der Waals surface area (Å²) >= 11 is 1.49. The summed E-state index contributed by atoms with van der Waals surface area (Å²) in [5.41, 5.74) is 0.754. The molecule has 0 spiro atoms. The van der Waals surface area contributed by atoms with Gasteiger partial charge in [0.15, 0.2) is 11.6 Å². The van der Waals surface area contributed by atoms with Gasteiger partial charge in [-0.25, -0.2) is 4.39 Å². The number of thiophene rings is 1. The molecule has 0 radical (unpaired) electrons. The van der Waals surface area contributed by atoms with Crippen molar-refractivity contribution in [2.75, 3.05) is 7.11 Å². The number of ether oxygens (including phenoxy) is 1. The van der Waals surface area contributed by atoms with Gasteiger partial charge in [-0.2, -0.15) is 0 Å². The van der Waals surface area contributed by atoms with Gasteiger partial charge in [-0.1, -0.05) is 12.1 Å². The zero-order valence-corrected chi connectivity index (χ0v) is 10.2. The Labute approximate surface area is 103 Å². The second kappa shape index (κ2) is 5.29. The number of benzene rings is 1. The van der Waals surface area contributed by atoms with Crippen LogP contribution in [0.2, 0.25) is 0 Å². The van der Waals surface area contributed by atoms with E-state index >= 15 is 0 Å². The molecule has 1 heterocycles. The third-order valence-corrected chi connectivity index (χ3v) is 3.49. The zero-order chi connectivity index (χ0) is 12.3. The van der Waals surface area contributed by atoms with E-state index in [9.17, 15) is 9.50 Å². The molecule has 0 saturated heterocycles. The molecule has 1 atom stereocenters. The summed E-state index contributed by atoms with van der Waals surface area (Å²) in [7, 11) is 1.43. The first-order valence-corrected chi connectivity index (χ1v) is 6.12. The minimum atomic E-state index is -0.581. The van der Waals surface area contributed by atoms with E-state index in [1.54, 1.807) is 12.1 Å². The van der Waals surface area contributed by atoms with Crippen LogP contribution in [-0.2, 0) is 6.42 Å². The standard InChI is InChI=1S/C13H13FO2S/c1-16-12-5-4-9(7-10(12)14)8-11(15)13-3-2-6-17-13/h2-7,11,15H,8H2,1H3. The molecule has 0 aliphatic carbocycles. The van der Waals surface area contributed by atoms with Crippen molar-refractivity contribution in [2.24, 2.45) is 0 Å². The Kier molecular flexibility index (Phi) is 3.76. The van der Waals surface area contributed by atoms with Gasteiger partial charge in [0.2, 0.25) is 0 Å². The highest BCUT2D eigenvalue weighted by Crippen LogP contribution is 2.25. The molecule has 2 rings (SSSR count). The fraction of sp³-hybridized carbons (Fsp3) is 0.231. The highest BCUT2D eigenvalue weighted by atomic mass is 32.1. The molecule has 1 aromatic carbocycles. The Morgan fingerprint density at radius 3 is 2.82 bits per heavy atom. The van der Waals surface area contributed by atoms with Crippen molar-refractivity contribution < 1.29 is 14.2 Å². The van der Waals surface area contributed by atoms with Crippen molar-refractivity contribution in [2.45, 2.75) is 12.5 Å². The Morgan fingerprint density at radius 1 is 1.41 bits per heavy atom. The molecule has 4 heteroatoms. The average Bonchev–Trinajstić information content (AvgIpc) is 2.82. The van der Waals surface area contributed by atoms with E-state index in [4.69, 9.17) is 4.74 Å². The predicted molar refractivity (Wildman–Crippen MR) is 65.9 cm³/mol. The number of methoxy groups -OCH3 is 1. The lowest BCUT2D eigenvalue weighted by molar-refractivity contribution is 0.182. The van der Waals surface area contributed by atoms with Crippen molar-refractivity contribution in [1.82, 2.24) is 0 Å². The zero-order valence-electron chi connectivity index (χ0n) is 9.39. The summed E-state index contributed by atoms with van der Waals surface area (Å²) in [6.45, 7) is 0. The lowest BCUT2D eigenvalue weighted by Crippen LogP contribution is -2.00. The van der Waals surface area contributed by atoms with Gasteiger partial charge in [-0.15, -0.1) is 11.3 Å². The lowest BCUT2D eigenvalue weighted by atomic mass is 10.1. The molecule has 0 amide bonds. The Hall–Kier alpha value is -1.39. The molecular formula is C13H13FO2S. The molecule has 0 bridgehead atoms. The van der Waals surface area contributed by atoms with Crippen LogP contribution in [0.25, 0.3) is 0 Å². The molecule has 0 aliphatic heterocycles. The molecule has 1 N–H and O–H groups in total. The number of aliphatic hydroxyl groups is 1. The lowest BCUT2D eigenvalue weighted by Gasteiger charge is -2.09. The highest BCUT2D eigenvalue weighted by molar-refractivity contribution is 7.10. The number of hydrogen-bond donors (Lipinski definition) is 1. The van der Waals surface area contributed by atoms with Crippen molar-refractivity contribution in [1.29, 1.82) is 0 Å². The van der Waals surface area contributed by atoms with Gasteiger partial charge in [0.1, 0.15) is 0 Å². The van der Waals surface area contributed by atoms with Gasteiger partial charge in [-0.05, 0) is 29.1 Å². The molecule has 2 aromatic rings. The Balaban J connectivity index is 2.11. The first-order chi connectivity index (χ1) is 8.20.